The first kappa shape index (κ1) is 34.4. The highest BCUT2D eigenvalue weighted by molar-refractivity contribution is 5.80. The van der Waals surface area contributed by atoms with Gasteiger partial charge in [-0.3, -0.25) is 9.59 Å². The Morgan fingerprint density at radius 3 is 2.06 bits per heavy atom. The minimum atomic E-state index is -4.40. The van der Waals surface area contributed by atoms with Gasteiger partial charge < -0.3 is 14.4 Å². The average Bonchev–Trinajstić information content (AvgIpc) is 3.09. The van der Waals surface area contributed by atoms with Crippen molar-refractivity contribution in [2.24, 2.45) is 0 Å². The van der Waals surface area contributed by atoms with E-state index in [9.17, 15) is 27.2 Å². The van der Waals surface area contributed by atoms with Crippen LogP contribution in [-0.2, 0) is 36.9 Å². The van der Waals surface area contributed by atoms with Gasteiger partial charge in [-0.1, -0.05) is 62.4 Å². The van der Waals surface area contributed by atoms with Crippen molar-refractivity contribution < 1.29 is 22.4 Å². The maximum atomic E-state index is 14.1. The average molecular weight is 660 g/mol. The monoisotopic (exact) mass is 659 g/mol. The summed E-state index contributed by atoms with van der Waals surface area (Å²) in [5.74, 6) is -0.115. The third kappa shape index (κ3) is 8.51. The number of aromatic nitrogens is 3. The number of hydrogen-bond donors (Lipinski definition) is 0. The molecule has 0 N–H and O–H groups in total. The summed E-state index contributed by atoms with van der Waals surface area (Å²) in [4.78, 5) is 39.8. The maximum absolute atomic E-state index is 14.1. The van der Waals surface area contributed by atoms with Gasteiger partial charge in [-0.15, -0.1) is 0 Å². The largest absolute Gasteiger partial charge is 0.416 e. The molecule has 0 spiro atoms. The van der Waals surface area contributed by atoms with E-state index in [1.165, 1.54) is 24.3 Å². The standard InChI is InChI=1S/C37H37F4N5O2/c1-3-44(4-2)22-23-45(24-27-7-12-28(13-8-27)29-14-16-30(17-15-29)37(39,40)41)34(47)25-46-33(20-11-26-9-18-31(38)19-10-26)43-36(48)32-6-5-21-42-35(32)46/h5-10,12-19,21H,3-4,11,20,22-25H2,1-2H3. The molecular weight excluding hydrogens is 622 g/mol. The Morgan fingerprint density at radius 2 is 1.44 bits per heavy atom. The van der Waals surface area contributed by atoms with Crippen LogP contribution < -0.4 is 5.56 Å². The normalized spacial score (nSPS) is 11.7. The van der Waals surface area contributed by atoms with Crippen LogP contribution in [-0.4, -0.2) is 56.4 Å². The van der Waals surface area contributed by atoms with Gasteiger partial charge in [0, 0.05) is 32.3 Å². The van der Waals surface area contributed by atoms with Crippen LogP contribution in [0.15, 0.2) is 95.9 Å². The lowest BCUT2D eigenvalue weighted by molar-refractivity contribution is -0.137. The molecule has 0 saturated heterocycles. The zero-order valence-electron chi connectivity index (χ0n) is 26.9. The highest BCUT2D eigenvalue weighted by Crippen LogP contribution is 2.31. The molecule has 0 aliphatic carbocycles. The van der Waals surface area contributed by atoms with Crippen LogP contribution in [0.25, 0.3) is 22.2 Å². The molecule has 0 atom stereocenters. The number of alkyl halides is 3. The molecule has 2 aromatic heterocycles. The third-order valence-corrected chi connectivity index (χ3v) is 8.47. The topological polar surface area (TPSA) is 71.3 Å². The van der Waals surface area contributed by atoms with Crippen LogP contribution >= 0.6 is 0 Å². The van der Waals surface area contributed by atoms with E-state index in [1.807, 2.05) is 24.3 Å². The van der Waals surface area contributed by atoms with Gasteiger partial charge in [0.05, 0.1) is 10.9 Å². The number of halogens is 4. The molecule has 7 nitrogen and oxygen atoms in total. The summed E-state index contributed by atoms with van der Waals surface area (Å²) in [6.07, 6.45) is -2.01. The molecule has 0 radical (unpaired) electrons. The second-order valence-corrected chi connectivity index (χ2v) is 11.5. The molecule has 5 rings (SSSR count). The molecule has 5 aromatic rings. The van der Waals surface area contributed by atoms with Gasteiger partial charge in [0.25, 0.3) is 5.56 Å². The number of likely N-dealkylation sites (N-methyl/N-ethyl adjacent to an activating group) is 1. The molecule has 0 aliphatic rings. The predicted octanol–water partition coefficient (Wildman–Crippen LogP) is 6.77. The number of carbonyl (C=O) groups excluding carboxylic acids is 1. The number of rotatable bonds is 13. The Balaban J connectivity index is 1.41. The number of aryl methyl sites for hydroxylation is 2. The first-order valence-electron chi connectivity index (χ1n) is 15.9. The van der Waals surface area contributed by atoms with Crippen molar-refractivity contribution in [2.75, 3.05) is 26.2 Å². The number of benzene rings is 3. The van der Waals surface area contributed by atoms with Crippen molar-refractivity contribution in [3.05, 3.63) is 130 Å². The van der Waals surface area contributed by atoms with Gasteiger partial charge in [-0.25, -0.2) is 9.37 Å². The van der Waals surface area contributed by atoms with E-state index >= 15 is 0 Å². The Morgan fingerprint density at radius 1 is 0.812 bits per heavy atom. The van der Waals surface area contributed by atoms with Crippen LogP contribution in [0.2, 0.25) is 0 Å². The van der Waals surface area contributed by atoms with E-state index < -0.39 is 17.3 Å². The molecule has 0 unspecified atom stereocenters. The van der Waals surface area contributed by atoms with Crippen molar-refractivity contribution in [3.63, 3.8) is 0 Å². The molecule has 3 aromatic carbocycles. The van der Waals surface area contributed by atoms with Gasteiger partial charge in [-0.2, -0.15) is 18.2 Å². The zero-order chi connectivity index (χ0) is 34.3. The summed E-state index contributed by atoms with van der Waals surface area (Å²) < 4.78 is 54.2. The fourth-order valence-electron chi connectivity index (χ4n) is 5.61. The van der Waals surface area contributed by atoms with E-state index in [4.69, 9.17) is 0 Å². The molecule has 0 saturated carbocycles. The number of hydrogen-bond acceptors (Lipinski definition) is 5. The quantitative estimate of drug-likeness (QED) is 0.131. The summed E-state index contributed by atoms with van der Waals surface area (Å²) >= 11 is 0. The van der Waals surface area contributed by atoms with E-state index in [0.29, 0.717) is 54.9 Å². The second-order valence-electron chi connectivity index (χ2n) is 11.5. The Bertz CT molecular complexity index is 1890. The van der Waals surface area contributed by atoms with Crippen molar-refractivity contribution in [2.45, 2.75) is 46.0 Å². The summed E-state index contributed by atoms with van der Waals surface area (Å²) in [6.45, 7) is 7.09. The van der Waals surface area contributed by atoms with E-state index in [1.54, 1.807) is 39.9 Å². The van der Waals surface area contributed by atoms with Crippen LogP contribution in [0.5, 0.6) is 0 Å². The minimum Gasteiger partial charge on any atom is -0.336 e. The highest BCUT2D eigenvalue weighted by Gasteiger charge is 2.30. The predicted molar refractivity (Wildman–Crippen MR) is 178 cm³/mol. The van der Waals surface area contributed by atoms with Gasteiger partial charge in [-0.05, 0) is 78.2 Å². The highest BCUT2D eigenvalue weighted by atomic mass is 19.4. The SMILES string of the molecule is CCN(CC)CCN(Cc1ccc(-c2ccc(C(F)(F)F)cc2)cc1)C(=O)Cn1c(CCc2ccc(F)cc2)nc(=O)c2cccnc21. The Kier molecular flexibility index (Phi) is 11.0. The Labute approximate surface area is 276 Å². The number of nitrogens with zero attached hydrogens (tertiary/aromatic N) is 5. The van der Waals surface area contributed by atoms with Gasteiger partial charge in [0.2, 0.25) is 5.91 Å². The molecule has 1 amide bonds. The number of amides is 1. The first-order chi connectivity index (χ1) is 23.0. The lowest BCUT2D eigenvalue weighted by Gasteiger charge is -2.27. The summed E-state index contributed by atoms with van der Waals surface area (Å²) in [6, 6.07) is 21.8. The maximum Gasteiger partial charge on any atom is 0.416 e. The van der Waals surface area contributed by atoms with Crippen molar-refractivity contribution in [3.8, 4) is 11.1 Å². The molecular formula is C37H37F4N5O2. The van der Waals surface area contributed by atoms with Gasteiger partial charge >= 0.3 is 6.18 Å². The zero-order valence-corrected chi connectivity index (χ0v) is 26.9. The van der Waals surface area contributed by atoms with Crippen LogP contribution in [0, 0.1) is 5.82 Å². The van der Waals surface area contributed by atoms with Gasteiger partial charge in [0.15, 0.2) is 0 Å². The summed E-state index contributed by atoms with van der Waals surface area (Å²) in [7, 11) is 0. The van der Waals surface area contributed by atoms with E-state index in [2.05, 4.69) is 28.7 Å². The van der Waals surface area contributed by atoms with Gasteiger partial charge in [0.1, 0.15) is 23.8 Å². The molecule has 0 bridgehead atoms. The smallest absolute Gasteiger partial charge is 0.336 e. The molecule has 0 fully saturated rings. The third-order valence-electron chi connectivity index (χ3n) is 8.47. The summed E-state index contributed by atoms with van der Waals surface area (Å²) in [5, 5.41) is 0.310. The lowest BCUT2D eigenvalue weighted by Crippen LogP contribution is -2.40. The Hall–Kier alpha value is -4.90. The first-order valence-corrected chi connectivity index (χ1v) is 15.9. The molecule has 2 heterocycles. The molecule has 250 valence electrons. The minimum absolute atomic E-state index is 0.0958. The number of fused-ring (bicyclic) bond motifs is 1. The van der Waals surface area contributed by atoms with Crippen LogP contribution in [0.1, 0.15) is 36.4 Å². The summed E-state index contributed by atoms with van der Waals surface area (Å²) in [5.41, 5.74) is 2.37. The van der Waals surface area contributed by atoms with Crippen LogP contribution in [0.3, 0.4) is 0 Å². The molecule has 11 heteroatoms. The van der Waals surface area contributed by atoms with Crippen molar-refractivity contribution in [1.29, 1.82) is 0 Å². The second kappa shape index (κ2) is 15.3. The number of carbonyl (C=O) groups is 1. The molecule has 48 heavy (non-hydrogen) atoms. The van der Waals surface area contributed by atoms with E-state index in [-0.39, 0.29) is 18.3 Å². The van der Waals surface area contributed by atoms with Crippen LogP contribution in [0.4, 0.5) is 17.6 Å². The fourth-order valence-corrected chi connectivity index (χ4v) is 5.61. The van der Waals surface area contributed by atoms with Crippen molar-refractivity contribution >= 4 is 16.9 Å². The lowest BCUT2D eigenvalue weighted by atomic mass is 10.0. The van der Waals surface area contributed by atoms with Crippen molar-refractivity contribution in [1.82, 2.24) is 24.3 Å². The molecule has 0 aliphatic heterocycles. The van der Waals surface area contributed by atoms with E-state index in [0.717, 1.165) is 41.9 Å². The number of pyridine rings is 1. The fraction of sp³-hybridized carbons (Fsp3) is 0.297.